The van der Waals surface area contributed by atoms with Gasteiger partial charge in [0.15, 0.2) is 0 Å². The van der Waals surface area contributed by atoms with Crippen LogP contribution < -0.4 is 5.73 Å². The van der Waals surface area contributed by atoms with E-state index in [1.165, 1.54) is 22.9 Å². The average molecular weight is 288 g/mol. The summed E-state index contributed by atoms with van der Waals surface area (Å²) in [6.07, 6.45) is 5.55. The quantitative estimate of drug-likeness (QED) is 0.570. The summed E-state index contributed by atoms with van der Waals surface area (Å²) in [5.41, 5.74) is 6.40. The number of unbranched alkanes of at least 4 members (excludes halogenated alkanes) is 2. The number of rotatable bonds is 5. The third-order valence-electron chi connectivity index (χ3n) is 3.40. The van der Waals surface area contributed by atoms with Gasteiger partial charge in [0.25, 0.3) is 0 Å². The van der Waals surface area contributed by atoms with Gasteiger partial charge in [-0.25, -0.2) is 4.79 Å². The van der Waals surface area contributed by atoms with Crippen LogP contribution in [-0.2, 0) is 9.59 Å². The van der Waals surface area contributed by atoms with Gasteiger partial charge in [0, 0.05) is 6.20 Å². The van der Waals surface area contributed by atoms with Gasteiger partial charge in [0.2, 0.25) is 5.91 Å². The van der Waals surface area contributed by atoms with Crippen molar-refractivity contribution in [1.82, 2.24) is 4.90 Å². The van der Waals surface area contributed by atoms with Crippen molar-refractivity contribution in [1.29, 1.82) is 0 Å². The first-order valence-corrected chi connectivity index (χ1v) is 7.09. The molecule has 1 fully saturated rings. The fourth-order valence-corrected chi connectivity index (χ4v) is 3.81. The van der Waals surface area contributed by atoms with E-state index in [-0.39, 0.29) is 22.3 Å². The van der Waals surface area contributed by atoms with Crippen LogP contribution in [0.15, 0.2) is 11.8 Å². The van der Waals surface area contributed by atoms with Crippen LogP contribution in [-0.4, -0.2) is 37.6 Å². The highest BCUT2D eigenvalue weighted by Gasteiger charge is 2.48. The zero-order chi connectivity index (χ0) is 13.3. The van der Waals surface area contributed by atoms with Crippen LogP contribution in [0, 0.1) is 0 Å². The van der Waals surface area contributed by atoms with Crippen LogP contribution in [0.25, 0.3) is 0 Å². The second-order valence-corrected chi connectivity index (χ2v) is 6.28. The number of carboxylic acids is 1. The summed E-state index contributed by atoms with van der Waals surface area (Å²) < 4.78 is 0. The van der Waals surface area contributed by atoms with Crippen LogP contribution in [0.5, 0.6) is 0 Å². The molecule has 0 bridgehead atoms. The monoisotopic (exact) mass is 288 g/mol. The minimum absolute atomic E-state index is 0. The fraction of sp³-hybridized carbons (Fsp3) is 0.667. The molecule has 0 aromatic heterocycles. The molecule has 2 aliphatic rings. The fourth-order valence-electron chi connectivity index (χ4n) is 2.28. The normalized spacial score (nSPS) is 28.9. The summed E-state index contributed by atoms with van der Waals surface area (Å²) in [7, 11) is 0. The summed E-state index contributed by atoms with van der Waals surface area (Å²) in [5, 5.41) is 9.27. The molecule has 2 heterocycles. The topological polar surface area (TPSA) is 115 Å². The highest BCUT2D eigenvalue weighted by Crippen LogP contribution is 2.46. The first kappa shape index (κ1) is 16.0. The molecule has 7 heteroatoms. The number of carbonyl (C=O) groups excluding carboxylic acids is 1. The molecule has 5 N–H and O–H groups in total. The molecule has 0 saturated carbocycles. The van der Waals surface area contributed by atoms with E-state index in [1.54, 1.807) is 0 Å². The zero-order valence-corrected chi connectivity index (χ0v) is 11.7. The summed E-state index contributed by atoms with van der Waals surface area (Å²) in [6, 6.07) is 0. The van der Waals surface area contributed by atoms with Crippen LogP contribution in [0.4, 0.5) is 0 Å². The largest absolute Gasteiger partial charge is 0.478 e. The minimum atomic E-state index is -1.03. The predicted octanol–water partition coefficient (Wildman–Crippen LogP) is 0.671. The van der Waals surface area contributed by atoms with Crippen LogP contribution in [0.3, 0.4) is 0 Å². The molecule has 19 heavy (non-hydrogen) atoms. The smallest absolute Gasteiger partial charge is 0.335 e. The lowest BCUT2D eigenvalue weighted by atomic mass is 9.99. The number of β-lactam (4-membered cyclic amide) rings is 1. The number of nitrogens with two attached hydrogens (primary N) is 1. The van der Waals surface area contributed by atoms with Crippen molar-refractivity contribution in [2.75, 3.05) is 0 Å². The molecule has 0 radical (unpaired) electrons. The molecule has 2 rings (SSSR count). The second kappa shape index (κ2) is 5.94. The van der Waals surface area contributed by atoms with Gasteiger partial charge >= 0.3 is 5.97 Å². The van der Waals surface area contributed by atoms with E-state index in [0.29, 0.717) is 12.8 Å². The first-order chi connectivity index (χ1) is 8.48. The molecule has 0 aromatic carbocycles. The summed E-state index contributed by atoms with van der Waals surface area (Å²) in [4.78, 5) is 23.3. The summed E-state index contributed by atoms with van der Waals surface area (Å²) >= 11 is 1.41. The highest BCUT2D eigenvalue weighted by molar-refractivity contribution is 8.01. The molecule has 6 nitrogen and oxygen atoms in total. The van der Waals surface area contributed by atoms with E-state index in [1.807, 2.05) is 0 Å². The number of carboxylic acid groups (broad SMARTS) is 1. The molecular weight excluding hydrogens is 268 g/mol. The van der Waals surface area contributed by atoms with Crippen molar-refractivity contribution in [3.8, 4) is 0 Å². The van der Waals surface area contributed by atoms with E-state index < -0.39 is 10.8 Å². The van der Waals surface area contributed by atoms with Gasteiger partial charge in [-0.1, -0.05) is 26.2 Å². The summed E-state index contributed by atoms with van der Waals surface area (Å²) in [6.45, 7) is 2.09. The van der Waals surface area contributed by atoms with E-state index >= 15 is 0 Å². The van der Waals surface area contributed by atoms with Crippen molar-refractivity contribution >= 4 is 23.6 Å². The molecule has 108 valence electrons. The van der Waals surface area contributed by atoms with Gasteiger partial charge in [-0.2, -0.15) is 0 Å². The van der Waals surface area contributed by atoms with E-state index in [4.69, 9.17) is 5.73 Å². The Morgan fingerprint density at radius 1 is 1.63 bits per heavy atom. The lowest BCUT2D eigenvalue weighted by Crippen LogP contribution is -2.57. The number of fused-ring (bicyclic) bond motifs is 1. The van der Waals surface area contributed by atoms with Crippen molar-refractivity contribution in [3.05, 3.63) is 11.8 Å². The standard InChI is InChI=1S/C12H18N2O3S.H2O/c1-2-3-4-5-12(13)8(11(16)17)7-14-9(15)6-10(14)18-12;/h7,10H,2-6,13H2,1H3,(H,16,17);1H2/t10-,12?;/m1./s1. The van der Waals surface area contributed by atoms with Gasteiger partial charge in [-0.15, -0.1) is 11.8 Å². The molecule has 2 aliphatic heterocycles. The average Bonchev–Trinajstić information content (AvgIpc) is 2.28. The van der Waals surface area contributed by atoms with Crippen molar-refractivity contribution in [3.63, 3.8) is 0 Å². The van der Waals surface area contributed by atoms with Gasteiger partial charge in [-0.05, 0) is 6.42 Å². The van der Waals surface area contributed by atoms with E-state index in [2.05, 4.69) is 6.92 Å². The van der Waals surface area contributed by atoms with E-state index in [0.717, 1.165) is 19.3 Å². The van der Waals surface area contributed by atoms with Gasteiger partial charge < -0.3 is 21.2 Å². The first-order valence-electron chi connectivity index (χ1n) is 6.21. The number of nitrogens with zero attached hydrogens (tertiary/aromatic N) is 1. The molecule has 1 saturated heterocycles. The molecule has 0 aliphatic carbocycles. The van der Waals surface area contributed by atoms with Crippen molar-refractivity contribution in [2.24, 2.45) is 5.73 Å². The maximum atomic E-state index is 11.3. The number of carbonyl (C=O) groups is 2. The Kier molecular flexibility index (Phi) is 5.00. The zero-order valence-electron chi connectivity index (χ0n) is 10.9. The van der Waals surface area contributed by atoms with Crippen LogP contribution in [0.1, 0.15) is 39.0 Å². The maximum absolute atomic E-state index is 11.3. The Labute approximate surface area is 116 Å². The molecular formula is C12H20N2O4S. The lowest BCUT2D eigenvalue weighted by molar-refractivity contribution is -0.138. The molecule has 2 atom stereocenters. The highest BCUT2D eigenvalue weighted by atomic mass is 32.2. The van der Waals surface area contributed by atoms with Crippen molar-refractivity contribution in [2.45, 2.75) is 49.3 Å². The Hall–Kier alpha value is -1.05. The van der Waals surface area contributed by atoms with E-state index in [9.17, 15) is 14.7 Å². The lowest BCUT2D eigenvalue weighted by Gasteiger charge is -2.47. The summed E-state index contributed by atoms with van der Waals surface area (Å²) in [5.74, 6) is -1.05. The van der Waals surface area contributed by atoms with Gasteiger partial charge in [0.05, 0.1) is 22.2 Å². The molecule has 1 unspecified atom stereocenters. The van der Waals surface area contributed by atoms with Crippen LogP contribution in [0.2, 0.25) is 0 Å². The van der Waals surface area contributed by atoms with Gasteiger partial charge in [-0.3, -0.25) is 4.79 Å². The number of aliphatic carboxylic acids is 1. The maximum Gasteiger partial charge on any atom is 0.335 e. The predicted molar refractivity (Wildman–Crippen MR) is 73.2 cm³/mol. The Morgan fingerprint density at radius 3 is 2.84 bits per heavy atom. The minimum Gasteiger partial charge on any atom is -0.478 e. The Balaban J connectivity index is 0.00000180. The van der Waals surface area contributed by atoms with Crippen LogP contribution >= 0.6 is 11.8 Å². The Bertz CT molecular complexity index is 413. The second-order valence-electron chi connectivity index (χ2n) is 4.77. The van der Waals surface area contributed by atoms with Crippen molar-refractivity contribution < 1.29 is 20.2 Å². The SMILES string of the molecule is CCCCCC1(N)S[C@@H]2CC(=O)N2C=C1C(=O)O.O. The molecule has 0 spiro atoms. The molecule has 1 amide bonds. The number of hydrogen-bond donors (Lipinski definition) is 2. The molecule has 0 aromatic rings. The third-order valence-corrected chi connectivity index (χ3v) is 4.91. The van der Waals surface area contributed by atoms with Gasteiger partial charge in [0.1, 0.15) is 0 Å². The third kappa shape index (κ3) is 2.93. The Morgan fingerprint density at radius 2 is 2.32 bits per heavy atom. The number of thioether (sulfide) groups is 1. The number of hydrogen-bond acceptors (Lipinski definition) is 4. The number of amides is 1.